The SMILES string of the molecule is Cc1nc(CNC(=O)CCCCl)oc1C. The number of hydrogen-bond donors (Lipinski definition) is 1. The quantitative estimate of drug-likeness (QED) is 0.787. The third-order valence-corrected chi connectivity index (χ3v) is 2.31. The molecule has 1 heterocycles. The molecule has 0 radical (unpaired) electrons. The molecule has 15 heavy (non-hydrogen) atoms. The molecule has 84 valence electrons. The number of hydrogen-bond acceptors (Lipinski definition) is 3. The molecular formula is C10H15ClN2O2. The van der Waals surface area contributed by atoms with E-state index < -0.39 is 0 Å². The predicted molar refractivity (Wildman–Crippen MR) is 57.8 cm³/mol. The van der Waals surface area contributed by atoms with Crippen molar-refractivity contribution < 1.29 is 9.21 Å². The molecule has 0 spiro atoms. The van der Waals surface area contributed by atoms with Crippen LogP contribution in [0.5, 0.6) is 0 Å². The van der Waals surface area contributed by atoms with E-state index in [2.05, 4.69) is 10.3 Å². The van der Waals surface area contributed by atoms with Crippen LogP contribution in [0.4, 0.5) is 0 Å². The van der Waals surface area contributed by atoms with Gasteiger partial charge in [0, 0.05) is 12.3 Å². The first-order valence-corrected chi connectivity index (χ1v) is 5.42. The zero-order valence-corrected chi connectivity index (χ0v) is 9.73. The van der Waals surface area contributed by atoms with E-state index in [-0.39, 0.29) is 5.91 Å². The number of amides is 1. The molecule has 1 rings (SSSR count). The van der Waals surface area contributed by atoms with Gasteiger partial charge in [0.2, 0.25) is 11.8 Å². The van der Waals surface area contributed by atoms with Gasteiger partial charge < -0.3 is 9.73 Å². The summed E-state index contributed by atoms with van der Waals surface area (Å²) in [4.78, 5) is 15.4. The number of nitrogens with one attached hydrogen (secondary N) is 1. The number of aromatic nitrogens is 1. The number of rotatable bonds is 5. The summed E-state index contributed by atoms with van der Waals surface area (Å²) in [5.74, 6) is 1.82. The molecule has 1 amide bonds. The molecule has 0 aliphatic heterocycles. The molecule has 0 unspecified atom stereocenters. The number of oxazole rings is 1. The monoisotopic (exact) mass is 230 g/mol. The second kappa shape index (κ2) is 5.75. The summed E-state index contributed by atoms with van der Waals surface area (Å²) in [6.45, 7) is 4.06. The van der Waals surface area contributed by atoms with E-state index in [1.54, 1.807) is 0 Å². The third kappa shape index (κ3) is 3.91. The molecule has 5 heteroatoms. The normalized spacial score (nSPS) is 10.3. The highest BCUT2D eigenvalue weighted by atomic mass is 35.5. The fourth-order valence-corrected chi connectivity index (χ4v) is 1.24. The highest BCUT2D eigenvalue weighted by molar-refractivity contribution is 6.17. The van der Waals surface area contributed by atoms with E-state index in [1.165, 1.54) is 0 Å². The summed E-state index contributed by atoms with van der Waals surface area (Å²) in [6, 6.07) is 0. The van der Waals surface area contributed by atoms with Crippen molar-refractivity contribution in [1.29, 1.82) is 0 Å². The van der Waals surface area contributed by atoms with E-state index in [1.807, 2.05) is 13.8 Å². The maximum absolute atomic E-state index is 11.2. The maximum Gasteiger partial charge on any atom is 0.220 e. The van der Waals surface area contributed by atoms with Gasteiger partial charge in [-0.15, -0.1) is 11.6 Å². The molecule has 0 atom stereocenters. The highest BCUT2D eigenvalue weighted by Crippen LogP contribution is 2.07. The van der Waals surface area contributed by atoms with Crippen molar-refractivity contribution in [3.63, 3.8) is 0 Å². The topological polar surface area (TPSA) is 55.1 Å². The Hall–Kier alpha value is -1.03. The van der Waals surface area contributed by atoms with Crippen LogP contribution >= 0.6 is 11.6 Å². The van der Waals surface area contributed by atoms with E-state index >= 15 is 0 Å². The summed E-state index contributed by atoms with van der Waals surface area (Å²) < 4.78 is 5.32. The lowest BCUT2D eigenvalue weighted by Gasteiger charge is -2.00. The van der Waals surface area contributed by atoms with Gasteiger partial charge in [0.15, 0.2) is 0 Å². The minimum Gasteiger partial charge on any atom is -0.444 e. The molecule has 0 aliphatic rings. The smallest absolute Gasteiger partial charge is 0.220 e. The summed E-state index contributed by atoms with van der Waals surface area (Å²) in [6.07, 6.45) is 1.14. The maximum atomic E-state index is 11.2. The average Bonchev–Trinajstić information content (AvgIpc) is 2.52. The second-order valence-corrected chi connectivity index (χ2v) is 3.70. The van der Waals surface area contributed by atoms with Crippen molar-refractivity contribution >= 4 is 17.5 Å². The molecule has 1 aromatic rings. The Balaban J connectivity index is 2.33. The van der Waals surface area contributed by atoms with E-state index in [0.29, 0.717) is 31.2 Å². The van der Waals surface area contributed by atoms with Gasteiger partial charge in [-0.05, 0) is 20.3 Å². The van der Waals surface area contributed by atoms with Gasteiger partial charge in [0.1, 0.15) is 5.76 Å². The van der Waals surface area contributed by atoms with Crippen molar-refractivity contribution in [2.45, 2.75) is 33.2 Å². The first-order chi connectivity index (χ1) is 7.13. The van der Waals surface area contributed by atoms with Gasteiger partial charge in [-0.2, -0.15) is 0 Å². The van der Waals surface area contributed by atoms with Crippen molar-refractivity contribution in [3.8, 4) is 0 Å². The van der Waals surface area contributed by atoms with Crippen molar-refractivity contribution in [1.82, 2.24) is 10.3 Å². The summed E-state index contributed by atoms with van der Waals surface area (Å²) in [5, 5.41) is 2.72. The number of carbonyl (C=O) groups is 1. The number of carbonyl (C=O) groups excluding carboxylic acids is 1. The summed E-state index contributed by atoms with van der Waals surface area (Å²) in [5.41, 5.74) is 0.861. The Morgan fingerprint density at radius 3 is 2.80 bits per heavy atom. The molecule has 0 saturated heterocycles. The molecule has 0 aliphatic carbocycles. The predicted octanol–water partition coefficient (Wildman–Crippen LogP) is 1.93. The number of alkyl halides is 1. The lowest BCUT2D eigenvalue weighted by atomic mass is 10.3. The largest absolute Gasteiger partial charge is 0.444 e. The Labute approximate surface area is 94.0 Å². The van der Waals surface area contributed by atoms with Crippen LogP contribution in [0.1, 0.15) is 30.2 Å². The molecule has 0 saturated carbocycles. The average molecular weight is 231 g/mol. The van der Waals surface area contributed by atoms with E-state index in [9.17, 15) is 4.79 Å². The van der Waals surface area contributed by atoms with Crippen molar-refractivity contribution in [2.24, 2.45) is 0 Å². The second-order valence-electron chi connectivity index (χ2n) is 3.32. The summed E-state index contributed by atoms with van der Waals surface area (Å²) >= 11 is 5.48. The molecule has 0 aromatic carbocycles. The van der Waals surface area contributed by atoms with Gasteiger partial charge in [-0.25, -0.2) is 4.98 Å². The number of halogens is 1. The van der Waals surface area contributed by atoms with Gasteiger partial charge in [0.05, 0.1) is 12.2 Å². The zero-order chi connectivity index (χ0) is 11.3. The van der Waals surface area contributed by atoms with Gasteiger partial charge in [-0.1, -0.05) is 0 Å². The zero-order valence-electron chi connectivity index (χ0n) is 8.97. The van der Waals surface area contributed by atoms with Crippen LogP contribution in [0.2, 0.25) is 0 Å². The molecular weight excluding hydrogens is 216 g/mol. The van der Waals surface area contributed by atoms with Crippen LogP contribution in [0.15, 0.2) is 4.42 Å². The Kier molecular flexibility index (Phi) is 4.62. The van der Waals surface area contributed by atoms with Crippen LogP contribution in [0, 0.1) is 13.8 Å². The fraction of sp³-hybridized carbons (Fsp3) is 0.600. The minimum atomic E-state index is -0.0239. The molecule has 4 nitrogen and oxygen atoms in total. The third-order valence-electron chi connectivity index (χ3n) is 2.05. The van der Waals surface area contributed by atoms with E-state index in [4.69, 9.17) is 16.0 Å². The van der Waals surface area contributed by atoms with Gasteiger partial charge in [0.25, 0.3) is 0 Å². The molecule has 1 N–H and O–H groups in total. The fourth-order valence-electron chi connectivity index (χ4n) is 1.10. The van der Waals surface area contributed by atoms with Crippen LogP contribution < -0.4 is 5.32 Å². The Bertz CT molecular complexity index is 317. The summed E-state index contributed by atoms with van der Waals surface area (Å²) in [7, 11) is 0. The molecule has 0 bridgehead atoms. The standard InChI is InChI=1S/C10H15ClN2O2/c1-7-8(2)15-10(13-7)6-12-9(14)4-3-5-11/h3-6H2,1-2H3,(H,12,14). The van der Waals surface area contributed by atoms with Crippen molar-refractivity contribution in [3.05, 3.63) is 17.3 Å². The first kappa shape index (κ1) is 12.0. The molecule has 1 aromatic heterocycles. The highest BCUT2D eigenvalue weighted by Gasteiger charge is 2.06. The first-order valence-electron chi connectivity index (χ1n) is 4.89. The lowest BCUT2D eigenvalue weighted by Crippen LogP contribution is -2.22. The van der Waals surface area contributed by atoms with Crippen LogP contribution in [0.25, 0.3) is 0 Å². The lowest BCUT2D eigenvalue weighted by molar-refractivity contribution is -0.121. The van der Waals surface area contributed by atoms with E-state index in [0.717, 1.165) is 11.5 Å². The van der Waals surface area contributed by atoms with Crippen LogP contribution in [-0.2, 0) is 11.3 Å². The van der Waals surface area contributed by atoms with Gasteiger partial charge in [-0.3, -0.25) is 4.79 Å². The van der Waals surface area contributed by atoms with Gasteiger partial charge >= 0.3 is 0 Å². The van der Waals surface area contributed by atoms with Crippen molar-refractivity contribution in [2.75, 3.05) is 5.88 Å². The van der Waals surface area contributed by atoms with Crippen LogP contribution in [-0.4, -0.2) is 16.8 Å². The number of nitrogens with zero attached hydrogens (tertiary/aromatic N) is 1. The minimum absolute atomic E-state index is 0.0239. The molecule has 0 fully saturated rings. The number of aryl methyl sites for hydroxylation is 2. The Morgan fingerprint density at radius 1 is 1.53 bits per heavy atom. The Morgan fingerprint density at radius 2 is 2.27 bits per heavy atom. The van der Waals surface area contributed by atoms with Crippen LogP contribution in [0.3, 0.4) is 0 Å².